The zero-order valence-corrected chi connectivity index (χ0v) is 5.64. The average Bonchev–Trinajstić information content (AvgIpc) is 1.62. The van der Waals surface area contributed by atoms with E-state index in [1.165, 1.54) is 7.05 Å². The van der Waals surface area contributed by atoms with Gasteiger partial charge in [0, 0.05) is 7.05 Å². The lowest BCUT2D eigenvalue weighted by Gasteiger charge is -2.06. The van der Waals surface area contributed by atoms with Crippen molar-refractivity contribution in [1.29, 1.82) is 5.41 Å². The zero-order chi connectivity index (χ0) is 7.49. The molecule has 0 saturated carbocycles. The van der Waals surface area contributed by atoms with E-state index < -0.39 is 13.7 Å². The third-order valence-electron chi connectivity index (χ3n) is 0.507. The van der Waals surface area contributed by atoms with E-state index in [2.05, 4.69) is 5.32 Å². The maximum absolute atomic E-state index is 10.0. The molecule has 0 fully saturated rings. The molecule has 0 aromatic carbocycles. The lowest BCUT2D eigenvalue weighted by atomic mass is 11.0. The molecule has 0 aliphatic carbocycles. The number of hydrogen-bond donors (Lipinski definition) is 5. The second kappa shape index (κ2) is 2.82. The first-order valence-corrected chi connectivity index (χ1v) is 3.67. The Morgan fingerprint density at radius 1 is 1.67 bits per heavy atom. The van der Waals surface area contributed by atoms with Crippen molar-refractivity contribution in [1.82, 2.24) is 10.4 Å². The van der Waals surface area contributed by atoms with Crippen LogP contribution in [0, 0.1) is 5.41 Å². The quantitative estimate of drug-likeness (QED) is 0.185. The Morgan fingerprint density at radius 3 is 2.22 bits per heavy atom. The normalized spacial score (nSPS) is 10.6. The minimum Gasteiger partial charge on any atom is -0.359 e. The van der Waals surface area contributed by atoms with Gasteiger partial charge in [0.25, 0.3) is 0 Å². The smallest absolute Gasteiger partial charge is 0.359 e. The van der Waals surface area contributed by atoms with Crippen molar-refractivity contribution in [2.45, 2.75) is 0 Å². The van der Waals surface area contributed by atoms with Crippen LogP contribution in [0.1, 0.15) is 0 Å². The van der Waals surface area contributed by atoms with Crippen LogP contribution in [0.25, 0.3) is 0 Å². The van der Waals surface area contributed by atoms with Gasteiger partial charge in [-0.1, -0.05) is 0 Å². The molecule has 0 aromatic rings. The lowest BCUT2D eigenvalue weighted by Crippen LogP contribution is -2.30. The molecule has 7 heteroatoms. The highest BCUT2D eigenvalue weighted by molar-refractivity contribution is 7.50. The summed E-state index contributed by atoms with van der Waals surface area (Å²) in [6.45, 7) is 0. The van der Waals surface area contributed by atoms with E-state index in [0.29, 0.717) is 0 Å². The van der Waals surface area contributed by atoms with Crippen LogP contribution in [0.3, 0.4) is 0 Å². The largest absolute Gasteiger partial charge is 0.429 e. The second-order valence-corrected chi connectivity index (χ2v) is 2.59. The predicted octanol–water partition coefficient (Wildman–Crippen LogP) is -1.18. The van der Waals surface area contributed by atoms with Crippen molar-refractivity contribution in [3.05, 3.63) is 0 Å². The summed E-state index contributed by atoms with van der Waals surface area (Å²) in [4.78, 5) is 16.3. The van der Waals surface area contributed by atoms with Crippen LogP contribution >= 0.6 is 7.75 Å². The molecule has 0 saturated heterocycles. The molecular weight excluding hydrogens is 145 g/mol. The highest BCUT2D eigenvalue weighted by atomic mass is 31.2. The van der Waals surface area contributed by atoms with E-state index in [1.807, 2.05) is 0 Å². The Hall–Kier alpha value is -0.580. The molecule has 0 spiro atoms. The average molecular weight is 153 g/mol. The van der Waals surface area contributed by atoms with Crippen LogP contribution in [-0.2, 0) is 4.57 Å². The van der Waals surface area contributed by atoms with Gasteiger partial charge in [-0.15, -0.1) is 0 Å². The van der Waals surface area contributed by atoms with Gasteiger partial charge in [-0.3, -0.25) is 10.5 Å². The minimum absolute atomic E-state index is 0.400. The minimum atomic E-state index is -4.28. The number of nitrogens with one attached hydrogen (secondary N) is 3. The Balaban J connectivity index is 3.75. The van der Waals surface area contributed by atoms with Crippen molar-refractivity contribution in [2.24, 2.45) is 0 Å². The van der Waals surface area contributed by atoms with E-state index in [1.54, 1.807) is 5.09 Å². The van der Waals surface area contributed by atoms with Crippen molar-refractivity contribution in [3.63, 3.8) is 0 Å². The van der Waals surface area contributed by atoms with Gasteiger partial charge < -0.3 is 15.1 Å². The molecule has 0 aliphatic heterocycles. The van der Waals surface area contributed by atoms with Gasteiger partial charge in [0.1, 0.15) is 0 Å². The van der Waals surface area contributed by atoms with E-state index in [0.717, 1.165) is 0 Å². The van der Waals surface area contributed by atoms with E-state index in [-0.39, 0.29) is 0 Å². The molecule has 9 heavy (non-hydrogen) atoms. The maximum Gasteiger partial charge on any atom is 0.429 e. The standard InChI is InChI=1S/C2H8N3O3P/c1-4-2(3)5-9(6,7)8/h1H3,(H5,3,4,5,6,7,8). The molecule has 0 radical (unpaired) electrons. The van der Waals surface area contributed by atoms with Crippen LogP contribution in [0.15, 0.2) is 0 Å². The van der Waals surface area contributed by atoms with Gasteiger partial charge >= 0.3 is 7.75 Å². The number of hydrogen-bond acceptors (Lipinski definition) is 2. The molecule has 0 aliphatic rings. The van der Waals surface area contributed by atoms with Crippen molar-refractivity contribution < 1.29 is 14.4 Å². The SMILES string of the molecule is CNC(=N)NP(=O)(O)O. The first-order valence-electron chi connectivity index (χ1n) is 2.06. The van der Waals surface area contributed by atoms with Crippen LogP contribution < -0.4 is 10.4 Å². The summed E-state index contributed by atoms with van der Waals surface area (Å²) in [6, 6.07) is 0. The van der Waals surface area contributed by atoms with Crippen molar-refractivity contribution in [2.75, 3.05) is 7.05 Å². The molecule has 0 amide bonds. The summed E-state index contributed by atoms with van der Waals surface area (Å²) >= 11 is 0. The fraction of sp³-hybridized carbons (Fsp3) is 0.500. The van der Waals surface area contributed by atoms with Gasteiger partial charge in [0.15, 0.2) is 5.96 Å². The van der Waals surface area contributed by atoms with E-state index >= 15 is 0 Å². The molecule has 5 N–H and O–H groups in total. The number of rotatable bonds is 1. The highest BCUT2D eigenvalue weighted by Crippen LogP contribution is 2.26. The summed E-state index contributed by atoms with van der Waals surface area (Å²) < 4.78 is 10.0. The van der Waals surface area contributed by atoms with Crippen molar-refractivity contribution in [3.8, 4) is 0 Å². The number of guanidine groups is 1. The zero-order valence-electron chi connectivity index (χ0n) is 4.75. The van der Waals surface area contributed by atoms with Crippen molar-refractivity contribution >= 4 is 13.7 Å². The molecule has 0 rings (SSSR count). The van der Waals surface area contributed by atoms with Gasteiger partial charge in [-0.25, -0.2) is 4.57 Å². The Kier molecular flexibility index (Phi) is 2.64. The van der Waals surface area contributed by atoms with Crippen LogP contribution in [0.2, 0.25) is 0 Å². The summed E-state index contributed by atoms with van der Waals surface area (Å²) in [5.74, 6) is -0.400. The van der Waals surface area contributed by atoms with Crippen LogP contribution in [-0.4, -0.2) is 22.8 Å². The third kappa shape index (κ3) is 5.29. The molecule has 6 nitrogen and oxygen atoms in total. The second-order valence-electron chi connectivity index (χ2n) is 1.28. The van der Waals surface area contributed by atoms with Crippen LogP contribution in [0.5, 0.6) is 0 Å². The van der Waals surface area contributed by atoms with Gasteiger partial charge in [0.05, 0.1) is 0 Å². The maximum atomic E-state index is 10.0. The fourth-order valence-electron chi connectivity index (χ4n) is 0.202. The molecule has 0 heterocycles. The van der Waals surface area contributed by atoms with Crippen LogP contribution in [0.4, 0.5) is 0 Å². The lowest BCUT2D eigenvalue weighted by molar-refractivity contribution is 0.366. The van der Waals surface area contributed by atoms with E-state index in [4.69, 9.17) is 15.2 Å². The first kappa shape index (κ1) is 8.42. The summed E-state index contributed by atoms with van der Waals surface area (Å²) in [5, 5.41) is 10.5. The van der Waals surface area contributed by atoms with Gasteiger partial charge in [-0.05, 0) is 0 Å². The molecule has 54 valence electrons. The molecule has 0 aromatic heterocycles. The molecule has 0 unspecified atom stereocenters. The Morgan fingerprint density at radius 2 is 2.11 bits per heavy atom. The summed E-state index contributed by atoms with van der Waals surface area (Å²) in [5.41, 5.74) is 0. The van der Waals surface area contributed by atoms with Gasteiger partial charge in [-0.2, -0.15) is 0 Å². The summed E-state index contributed by atoms with van der Waals surface area (Å²) in [7, 11) is -2.90. The first-order chi connectivity index (χ1) is 3.95. The molecular formula is C2H8N3O3P. The highest BCUT2D eigenvalue weighted by Gasteiger charge is 2.12. The molecule has 0 bridgehead atoms. The van der Waals surface area contributed by atoms with E-state index in [9.17, 15) is 4.57 Å². The molecule has 0 atom stereocenters. The topological polar surface area (TPSA) is 105 Å². The Labute approximate surface area is 52.0 Å². The Bertz CT molecular complexity index is 151. The monoisotopic (exact) mass is 153 g/mol. The van der Waals surface area contributed by atoms with Gasteiger partial charge in [0.2, 0.25) is 0 Å². The summed E-state index contributed by atoms with van der Waals surface area (Å²) in [6.07, 6.45) is 0. The third-order valence-corrected chi connectivity index (χ3v) is 1.02. The fourth-order valence-corrected chi connectivity index (χ4v) is 0.605. The predicted molar refractivity (Wildman–Crippen MR) is 32.0 cm³/mol.